The van der Waals surface area contributed by atoms with E-state index in [1.807, 2.05) is 6.07 Å². The van der Waals surface area contributed by atoms with Crippen molar-refractivity contribution in [2.75, 3.05) is 0 Å². The molecule has 2 aliphatic carbocycles. The zero-order chi connectivity index (χ0) is 17.1. The van der Waals surface area contributed by atoms with Crippen LogP contribution < -0.4 is 0 Å². The van der Waals surface area contributed by atoms with Gasteiger partial charge in [0.05, 0.1) is 11.9 Å². The molecule has 126 valence electrons. The van der Waals surface area contributed by atoms with Crippen LogP contribution in [0.1, 0.15) is 59.1 Å². The van der Waals surface area contributed by atoms with E-state index >= 15 is 0 Å². The lowest BCUT2D eigenvalue weighted by atomic mass is 10.1. The number of halogens is 1. The van der Waals surface area contributed by atoms with Gasteiger partial charge in [-0.2, -0.15) is 5.10 Å². The number of fused-ring (bicyclic) bond motifs is 1. The Morgan fingerprint density at radius 3 is 2.56 bits per heavy atom. The molecule has 1 aromatic carbocycles. The quantitative estimate of drug-likeness (QED) is 0.782. The van der Waals surface area contributed by atoms with Crippen molar-refractivity contribution in [1.82, 2.24) is 14.6 Å². The molecule has 6 heteroatoms. The first-order valence-corrected chi connectivity index (χ1v) is 8.53. The molecule has 0 aliphatic heterocycles. The van der Waals surface area contributed by atoms with Gasteiger partial charge in [0.15, 0.2) is 11.3 Å². The van der Waals surface area contributed by atoms with E-state index in [0.29, 0.717) is 28.7 Å². The first kappa shape index (κ1) is 14.6. The van der Waals surface area contributed by atoms with Crippen LogP contribution in [0.15, 0.2) is 30.5 Å². The van der Waals surface area contributed by atoms with Crippen molar-refractivity contribution in [3.8, 4) is 11.3 Å². The third-order valence-corrected chi connectivity index (χ3v) is 5.01. The molecule has 2 heterocycles. The molecule has 0 atom stereocenters. The van der Waals surface area contributed by atoms with Crippen molar-refractivity contribution in [1.29, 1.82) is 0 Å². The summed E-state index contributed by atoms with van der Waals surface area (Å²) in [6.45, 7) is 0. The number of imidazole rings is 1. The van der Waals surface area contributed by atoms with Gasteiger partial charge in [0.25, 0.3) is 0 Å². The number of aromatic nitrogens is 3. The van der Waals surface area contributed by atoms with Crippen LogP contribution in [0.4, 0.5) is 4.39 Å². The maximum absolute atomic E-state index is 14.6. The molecular weight excluding hydrogens is 321 g/mol. The van der Waals surface area contributed by atoms with Gasteiger partial charge in [0.1, 0.15) is 5.82 Å². The molecule has 2 aromatic heterocycles. The standard InChI is InChI=1S/C19H16FN3O2/c20-15-7-12(10-1-2-10)5-6-13(15)17-9-23-18(21-17)14(11-3-4-11)8-16(22-23)19(24)25/h5-11H,1-4H2,(H,24,25). The number of nitrogens with zero attached hydrogens (tertiary/aromatic N) is 3. The maximum Gasteiger partial charge on any atom is 0.356 e. The second kappa shape index (κ2) is 5.12. The summed E-state index contributed by atoms with van der Waals surface area (Å²) >= 11 is 0. The van der Waals surface area contributed by atoms with E-state index in [1.54, 1.807) is 24.4 Å². The number of carboxylic acid groups (broad SMARTS) is 1. The number of rotatable bonds is 4. The zero-order valence-corrected chi connectivity index (χ0v) is 13.4. The summed E-state index contributed by atoms with van der Waals surface area (Å²) in [6, 6.07) is 6.91. The van der Waals surface area contributed by atoms with Gasteiger partial charge in [-0.05, 0) is 61.3 Å². The second-order valence-corrected chi connectivity index (χ2v) is 6.97. The van der Waals surface area contributed by atoms with Crippen molar-refractivity contribution in [2.24, 2.45) is 0 Å². The monoisotopic (exact) mass is 337 g/mol. The van der Waals surface area contributed by atoms with Crippen molar-refractivity contribution in [3.05, 3.63) is 53.1 Å². The average Bonchev–Trinajstić information content (AvgIpc) is 3.49. The molecule has 0 amide bonds. The number of carboxylic acids is 1. The SMILES string of the molecule is O=C(O)c1cc(C2CC2)c2nc(-c3ccc(C4CC4)cc3F)cn2n1. The lowest BCUT2D eigenvalue weighted by Crippen LogP contribution is -2.06. The molecule has 5 rings (SSSR count). The van der Waals surface area contributed by atoms with E-state index in [-0.39, 0.29) is 11.5 Å². The summed E-state index contributed by atoms with van der Waals surface area (Å²) in [5.41, 5.74) is 3.44. The molecule has 0 spiro atoms. The molecule has 2 fully saturated rings. The van der Waals surface area contributed by atoms with Crippen molar-refractivity contribution >= 4 is 11.6 Å². The third-order valence-electron chi connectivity index (χ3n) is 5.01. The number of hydrogen-bond donors (Lipinski definition) is 1. The highest BCUT2D eigenvalue weighted by molar-refractivity contribution is 5.86. The Hall–Kier alpha value is -2.76. The molecule has 25 heavy (non-hydrogen) atoms. The van der Waals surface area contributed by atoms with Gasteiger partial charge in [-0.15, -0.1) is 0 Å². The van der Waals surface area contributed by atoms with Gasteiger partial charge >= 0.3 is 5.97 Å². The van der Waals surface area contributed by atoms with Gasteiger partial charge in [0.2, 0.25) is 0 Å². The fourth-order valence-corrected chi connectivity index (χ4v) is 3.34. The topological polar surface area (TPSA) is 67.5 Å². The summed E-state index contributed by atoms with van der Waals surface area (Å²) < 4.78 is 16.0. The minimum absolute atomic E-state index is 0.0112. The van der Waals surface area contributed by atoms with Crippen LogP contribution in [0.3, 0.4) is 0 Å². The van der Waals surface area contributed by atoms with Gasteiger partial charge in [-0.25, -0.2) is 18.7 Å². The molecule has 1 N–H and O–H groups in total. The predicted octanol–water partition coefficient (Wildman–Crippen LogP) is 3.99. The fourth-order valence-electron chi connectivity index (χ4n) is 3.34. The molecule has 0 saturated heterocycles. The highest BCUT2D eigenvalue weighted by Crippen LogP contribution is 2.43. The molecule has 0 bridgehead atoms. The predicted molar refractivity (Wildman–Crippen MR) is 89.3 cm³/mol. The second-order valence-electron chi connectivity index (χ2n) is 6.97. The fraction of sp³-hybridized carbons (Fsp3) is 0.316. The van der Waals surface area contributed by atoms with Crippen LogP contribution in [0.5, 0.6) is 0 Å². The van der Waals surface area contributed by atoms with E-state index < -0.39 is 5.97 Å². The Morgan fingerprint density at radius 2 is 1.92 bits per heavy atom. The van der Waals surface area contributed by atoms with Crippen LogP contribution >= 0.6 is 0 Å². The Bertz CT molecular complexity index is 1020. The van der Waals surface area contributed by atoms with Gasteiger partial charge in [-0.1, -0.05) is 6.07 Å². The smallest absolute Gasteiger partial charge is 0.356 e. The molecule has 2 aliphatic rings. The summed E-state index contributed by atoms with van der Waals surface area (Å²) in [7, 11) is 0. The summed E-state index contributed by atoms with van der Waals surface area (Å²) in [6.07, 6.45) is 5.90. The number of benzene rings is 1. The first-order chi connectivity index (χ1) is 12.1. The Balaban J connectivity index is 1.64. The van der Waals surface area contributed by atoms with Gasteiger partial charge < -0.3 is 5.11 Å². The van der Waals surface area contributed by atoms with Crippen LogP contribution in [0.2, 0.25) is 0 Å². The Morgan fingerprint density at radius 1 is 1.16 bits per heavy atom. The first-order valence-electron chi connectivity index (χ1n) is 8.53. The lowest BCUT2D eigenvalue weighted by Gasteiger charge is -2.03. The average molecular weight is 337 g/mol. The van der Waals surface area contributed by atoms with Gasteiger partial charge in [-0.3, -0.25) is 0 Å². The lowest BCUT2D eigenvalue weighted by molar-refractivity contribution is 0.0688. The Kier molecular flexibility index (Phi) is 2.98. The molecule has 3 aromatic rings. The summed E-state index contributed by atoms with van der Waals surface area (Å²) in [5.74, 6) is -0.551. The zero-order valence-electron chi connectivity index (χ0n) is 13.4. The van der Waals surface area contributed by atoms with Gasteiger partial charge in [0, 0.05) is 11.1 Å². The van der Waals surface area contributed by atoms with Crippen molar-refractivity contribution < 1.29 is 14.3 Å². The number of hydrogen-bond acceptors (Lipinski definition) is 3. The van der Waals surface area contributed by atoms with E-state index in [4.69, 9.17) is 0 Å². The molecule has 0 radical (unpaired) electrons. The summed E-state index contributed by atoms with van der Waals surface area (Å²) in [5, 5.41) is 13.4. The van der Waals surface area contributed by atoms with Crippen LogP contribution in [-0.4, -0.2) is 25.7 Å². The molecular formula is C19H16FN3O2. The largest absolute Gasteiger partial charge is 0.476 e. The van der Waals surface area contributed by atoms with E-state index in [2.05, 4.69) is 10.1 Å². The van der Waals surface area contributed by atoms with Crippen LogP contribution in [0, 0.1) is 5.82 Å². The van der Waals surface area contributed by atoms with E-state index in [0.717, 1.165) is 36.8 Å². The minimum atomic E-state index is -1.07. The van der Waals surface area contributed by atoms with Crippen LogP contribution in [-0.2, 0) is 0 Å². The highest BCUT2D eigenvalue weighted by atomic mass is 19.1. The van der Waals surface area contributed by atoms with E-state index in [1.165, 1.54) is 4.52 Å². The van der Waals surface area contributed by atoms with Crippen LogP contribution in [0.25, 0.3) is 16.9 Å². The third kappa shape index (κ3) is 2.49. The molecule has 0 unspecified atom stereocenters. The number of carbonyl (C=O) groups is 1. The summed E-state index contributed by atoms with van der Waals surface area (Å²) in [4.78, 5) is 15.9. The van der Waals surface area contributed by atoms with E-state index in [9.17, 15) is 14.3 Å². The van der Waals surface area contributed by atoms with Crippen molar-refractivity contribution in [3.63, 3.8) is 0 Å². The Labute approximate surface area is 143 Å². The minimum Gasteiger partial charge on any atom is -0.476 e. The number of aromatic carboxylic acids is 1. The molecule has 2 saturated carbocycles. The normalized spacial score (nSPS) is 17.2. The maximum atomic E-state index is 14.6. The molecule has 5 nitrogen and oxygen atoms in total. The van der Waals surface area contributed by atoms with Crippen molar-refractivity contribution in [2.45, 2.75) is 37.5 Å². The highest BCUT2D eigenvalue weighted by Gasteiger charge is 2.29.